The van der Waals surface area contributed by atoms with Gasteiger partial charge in [0.25, 0.3) is 5.91 Å². The third-order valence-electron chi connectivity index (χ3n) is 2.27. The molecule has 0 fully saturated rings. The smallest absolute Gasteiger partial charge is 0.255 e. The van der Waals surface area contributed by atoms with Gasteiger partial charge in [-0.05, 0) is 30.5 Å². The number of hydrogen-bond acceptors (Lipinski definition) is 2. The summed E-state index contributed by atoms with van der Waals surface area (Å²) in [5.74, 6) is 0.164. The second-order valence-corrected chi connectivity index (χ2v) is 3.79. The fraction of sp³-hybridized carbons (Fsp3) is 0.417. The van der Waals surface area contributed by atoms with Crippen molar-refractivity contribution in [3.63, 3.8) is 0 Å². The summed E-state index contributed by atoms with van der Waals surface area (Å²) in [5, 5.41) is 12.3. The minimum absolute atomic E-state index is 0.0483. The lowest BCUT2D eigenvalue weighted by atomic mass is 10.0. The zero-order valence-electron chi connectivity index (χ0n) is 9.37. The van der Waals surface area contributed by atoms with Crippen molar-refractivity contribution in [1.29, 1.82) is 0 Å². The monoisotopic (exact) mass is 207 g/mol. The fourth-order valence-electron chi connectivity index (χ4n) is 1.36. The topological polar surface area (TPSA) is 49.3 Å². The number of nitrogens with one attached hydrogen (secondary N) is 1. The number of carbonyl (C=O) groups is 1. The van der Waals surface area contributed by atoms with Crippen LogP contribution in [0.25, 0.3) is 0 Å². The standard InChI is InChI=1S/C12H17NO2/c1-4-13-12(15)10-6-5-9(8(2)3)7-11(10)14/h5-8,14H,4H2,1-3H3,(H,13,15). The maximum absolute atomic E-state index is 11.5. The van der Waals surface area contributed by atoms with E-state index in [-0.39, 0.29) is 11.7 Å². The maximum Gasteiger partial charge on any atom is 0.255 e. The van der Waals surface area contributed by atoms with Crippen LogP contribution in [-0.2, 0) is 0 Å². The van der Waals surface area contributed by atoms with Gasteiger partial charge in [0.15, 0.2) is 0 Å². The number of aromatic hydroxyl groups is 1. The molecule has 0 aliphatic rings. The summed E-state index contributed by atoms with van der Waals surface area (Å²) in [5.41, 5.74) is 1.36. The van der Waals surface area contributed by atoms with Crippen molar-refractivity contribution in [3.8, 4) is 5.75 Å². The maximum atomic E-state index is 11.5. The molecule has 0 unspecified atom stereocenters. The van der Waals surface area contributed by atoms with E-state index in [0.29, 0.717) is 18.0 Å². The van der Waals surface area contributed by atoms with E-state index >= 15 is 0 Å². The normalized spacial score (nSPS) is 10.4. The molecule has 3 heteroatoms. The molecule has 3 nitrogen and oxygen atoms in total. The molecule has 0 saturated heterocycles. The van der Waals surface area contributed by atoms with Crippen LogP contribution in [0.15, 0.2) is 18.2 Å². The van der Waals surface area contributed by atoms with Crippen molar-refractivity contribution < 1.29 is 9.90 Å². The fourth-order valence-corrected chi connectivity index (χ4v) is 1.36. The molecule has 0 radical (unpaired) electrons. The van der Waals surface area contributed by atoms with E-state index in [4.69, 9.17) is 0 Å². The van der Waals surface area contributed by atoms with Crippen molar-refractivity contribution >= 4 is 5.91 Å². The number of benzene rings is 1. The Hall–Kier alpha value is -1.51. The predicted molar refractivity (Wildman–Crippen MR) is 60.2 cm³/mol. The van der Waals surface area contributed by atoms with Crippen molar-refractivity contribution in [2.45, 2.75) is 26.7 Å². The average Bonchev–Trinajstić information content (AvgIpc) is 2.17. The van der Waals surface area contributed by atoms with Crippen molar-refractivity contribution in [2.24, 2.45) is 0 Å². The van der Waals surface area contributed by atoms with Crippen LogP contribution in [0.1, 0.15) is 42.6 Å². The van der Waals surface area contributed by atoms with Gasteiger partial charge in [-0.1, -0.05) is 19.9 Å². The van der Waals surface area contributed by atoms with Crippen LogP contribution in [0.5, 0.6) is 5.75 Å². The van der Waals surface area contributed by atoms with Crippen LogP contribution in [-0.4, -0.2) is 17.6 Å². The second kappa shape index (κ2) is 4.82. The summed E-state index contributed by atoms with van der Waals surface area (Å²) in [7, 11) is 0. The first-order valence-corrected chi connectivity index (χ1v) is 5.17. The van der Waals surface area contributed by atoms with Crippen LogP contribution < -0.4 is 5.32 Å². The highest BCUT2D eigenvalue weighted by molar-refractivity contribution is 5.96. The van der Waals surface area contributed by atoms with Crippen molar-refractivity contribution in [1.82, 2.24) is 5.32 Å². The van der Waals surface area contributed by atoms with Crippen LogP contribution >= 0.6 is 0 Å². The van der Waals surface area contributed by atoms with Gasteiger partial charge in [-0.2, -0.15) is 0 Å². The molecule has 0 saturated carbocycles. The van der Waals surface area contributed by atoms with E-state index in [2.05, 4.69) is 5.32 Å². The highest BCUT2D eigenvalue weighted by Gasteiger charge is 2.11. The quantitative estimate of drug-likeness (QED) is 0.798. The Labute approximate surface area is 90.1 Å². The van der Waals surface area contributed by atoms with Gasteiger partial charge in [-0.3, -0.25) is 4.79 Å². The molecule has 0 aliphatic heterocycles. The molecule has 0 spiro atoms. The van der Waals surface area contributed by atoms with Gasteiger partial charge in [0.1, 0.15) is 5.75 Å². The molecule has 15 heavy (non-hydrogen) atoms. The van der Waals surface area contributed by atoms with Gasteiger partial charge in [-0.25, -0.2) is 0 Å². The van der Waals surface area contributed by atoms with Gasteiger partial charge in [-0.15, -0.1) is 0 Å². The molecule has 1 amide bonds. The highest BCUT2D eigenvalue weighted by Crippen LogP contribution is 2.23. The van der Waals surface area contributed by atoms with Crippen molar-refractivity contribution in [3.05, 3.63) is 29.3 Å². The molecule has 82 valence electrons. The Bertz CT molecular complexity index is 359. The molecule has 1 aromatic rings. The first-order chi connectivity index (χ1) is 7.06. The van der Waals surface area contributed by atoms with E-state index in [1.54, 1.807) is 12.1 Å². The number of rotatable bonds is 3. The summed E-state index contributed by atoms with van der Waals surface area (Å²) in [6.45, 7) is 6.49. The summed E-state index contributed by atoms with van der Waals surface area (Å²) in [6.07, 6.45) is 0. The van der Waals surface area contributed by atoms with Gasteiger partial charge >= 0.3 is 0 Å². The Morgan fingerprint density at radius 3 is 2.60 bits per heavy atom. The van der Waals surface area contributed by atoms with Crippen LogP contribution in [0.2, 0.25) is 0 Å². The lowest BCUT2D eigenvalue weighted by Gasteiger charge is -2.09. The van der Waals surface area contributed by atoms with Gasteiger partial charge < -0.3 is 10.4 Å². The first kappa shape index (κ1) is 11.6. The van der Waals surface area contributed by atoms with E-state index in [1.807, 2.05) is 26.8 Å². The third-order valence-corrected chi connectivity index (χ3v) is 2.27. The number of amides is 1. The Morgan fingerprint density at radius 1 is 1.47 bits per heavy atom. The molecule has 1 rings (SSSR count). The molecule has 0 heterocycles. The first-order valence-electron chi connectivity index (χ1n) is 5.17. The SMILES string of the molecule is CCNC(=O)c1ccc(C(C)C)cc1O. The van der Waals surface area contributed by atoms with E-state index in [9.17, 15) is 9.90 Å². The number of carbonyl (C=O) groups excluding carboxylic acids is 1. The zero-order valence-corrected chi connectivity index (χ0v) is 9.37. The lowest BCUT2D eigenvalue weighted by Crippen LogP contribution is -2.22. The highest BCUT2D eigenvalue weighted by atomic mass is 16.3. The zero-order chi connectivity index (χ0) is 11.4. The molecule has 1 aromatic carbocycles. The van der Waals surface area contributed by atoms with Crippen LogP contribution in [0.4, 0.5) is 0 Å². The minimum Gasteiger partial charge on any atom is -0.507 e. The molecule has 0 atom stereocenters. The van der Waals surface area contributed by atoms with Gasteiger partial charge in [0, 0.05) is 6.54 Å². The number of phenols is 1. The average molecular weight is 207 g/mol. The number of phenolic OH excluding ortho intramolecular Hbond substituents is 1. The van der Waals surface area contributed by atoms with Crippen LogP contribution in [0, 0.1) is 0 Å². The Morgan fingerprint density at radius 2 is 2.13 bits per heavy atom. The van der Waals surface area contributed by atoms with E-state index < -0.39 is 0 Å². The minimum atomic E-state index is -0.231. The van der Waals surface area contributed by atoms with Gasteiger partial charge in [0.05, 0.1) is 5.56 Å². The Balaban J connectivity index is 2.98. The summed E-state index contributed by atoms with van der Waals surface area (Å²) in [6, 6.07) is 5.18. The van der Waals surface area contributed by atoms with E-state index in [1.165, 1.54) is 0 Å². The summed E-state index contributed by atoms with van der Waals surface area (Å²) in [4.78, 5) is 11.5. The molecule has 0 aliphatic carbocycles. The van der Waals surface area contributed by atoms with Gasteiger partial charge in [0.2, 0.25) is 0 Å². The van der Waals surface area contributed by atoms with Crippen LogP contribution in [0.3, 0.4) is 0 Å². The predicted octanol–water partition coefficient (Wildman–Crippen LogP) is 2.27. The molecule has 0 aromatic heterocycles. The lowest BCUT2D eigenvalue weighted by molar-refractivity contribution is 0.0953. The molecular formula is C12H17NO2. The molecule has 0 bridgehead atoms. The largest absolute Gasteiger partial charge is 0.507 e. The van der Waals surface area contributed by atoms with E-state index in [0.717, 1.165) is 5.56 Å². The number of hydrogen-bond donors (Lipinski definition) is 2. The summed E-state index contributed by atoms with van der Waals surface area (Å²) >= 11 is 0. The summed E-state index contributed by atoms with van der Waals surface area (Å²) < 4.78 is 0. The third kappa shape index (κ3) is 2.72. The molecule has 2 N–H and O–H groups in total. The Kier molecular flexibility index (Phi) is 3.72. The van der Waals surface area contributed by atoms with Crippen molar-refractivity contribution in [2.75, 3.05) is 6.54 Å². The second-order valence-electron chi connectivity index (χ2n) is 3.79. The molecular weight excluding hydrogens is 190 g/mol.